The molecule has 0 bridgehead atoms. The number of carbonyl (C=O) groups excluding carboxylic acids is 1. The molecule has 0 spiro atoms. The van der Waals surface area contributed by atoms with E-state index in [1.807, 2.05) is 24.3 Å². The van der Waals surface area contributed by atoms with Gasteiger partial charge in [-0.1, -0.05) is 19.1 Å². The molecule has 1 rings (SSSR count). The van der Waals surface area contributed by atoms with Crippen LogP contribution < -0.4 is 15.8 Å². The van der Waals surface area contributed by atoms with Crippen LogP contribution in [-0.2, 0) is 11.2 Å². The van der Waals surface area contributed by atoms with Gasteiger partial charge in [-0.2, -0.15) is 0 Å². The zero-order chi connectivity index (χ0) is 14.6. The van der Waals surface area contributed by atoms with Gasteiger partial charge >= 0.3 is 0 Å². The third-order valence-electron chi connectivity index (χ3n) is 2.99. The van der Waals surface area contributed by atoms with Crippen LogP contribution in [0.1, 0.15) is 38.2 Å². The highest BCUT2D eigenvalue weighted by molar-refractivity contribution is 5.85. The normalized spacial score (nSPS) is 9.81. The summed E-state index contributed by atoms with van der Waals surface area (Å²) in [5.74, 6) is 0.996. The van der Waals surface area contributed by atoms with Gasteiger partial charge in [0.25, 0.3) is 0 Å². The second-order valence-electron chi connectivity index (χ2n) is 4.84. The second kappa shape index (κ2) is 12.5. The molecule has 1 aromatic carbocycles. The average molecular weight is 315 g/mol. The van der Waals surface area contributed by atoms with Gasteiger partial charge in [0.1, 0.15) is 5.75 Å². The molecular formula is C16H27ClN2O2. The van der Waals surface area contributed by atoms with Crippen LogP contribution >= 0.6 is 12.4 Å². The van der Waals surface area contributed by atoms with Gasteiger partial charge in [-0.3, -0.25) is 4.79 Å². The highest BCUT2D eigenvalue weighted by atomic mass is 35.5. The fourth-order valence-electron chi connectivity index (χ4n) is 1.82. The smallest absolute Gasteiger partial charge is 0.220 e. The minimum absolute atomic E-state index is 0. The molecule has 0 aliphatic carbocycles. The molecule has 120 valence electrons. The molecule has 0 aliphatic heterocycles. The lowest BCUT2D eigenvalue weighted by atomic mass is 10.1. The van der Waals surface area contributed by atoms with Crippen LogP contribution in [-0.4, -0.2) is 25.6 Å². The zero-order valence-corrected chi connectivity index (χ0v) is 13.6. The maximum atomic E-state index is 11.6. The molecule has 5 heteroatoms. The van der Waals surface area contributed by atoms with Crippen LogP contribution in [0.5, 0.6) is 5.75 Å². The molecule has 0 fully saturated rings. The first kappa shape index (κ1) is 19.7. The van der Waals surface area contributed by atoms with Gasteiger partial charge < -0.3 is 15.8 Å². The summed E-state index contributed by atoms with van der Waals surface area (Å²) in [6.45, 7) is 4.23. The quantitative estimate of drug-likeness (QED) is 0.653. The molecular weight excluding hydrogens is 288 g/mol. The van der Waals surface area contributed by atoms with Crippen molar-refractivity contribution in [2.24, 2.45) is 5.73 Å². The van der Waals surface area contributed by atoms with Crippen LogP contribution in [0, 0.1) is 0 Å². The van der Waals surface area contributed by atoms with Gasteiger partial charge in [-0.05, 0) is 49.9 Å². The van der Waals surface area contributed by atoms with Gasteiger partial charge in [0.05, 0.1) is 6.61 Å². The fourth-order valence-corrected chi connectivity index (χ4v) is 1.82. The molecule has 0 aromatic heterocycles. The topological polar surface area (TPSA) is 64.3 Å². The molecule has 0 saturated carbocycles. The number of hydrogen-bond donors (Lipinski definition) is 2. The summed E-state index contributed by atoms with van der Waals surface area (Å²) in [4.78, 5) is 11.6. The van der Waals surface area contributed by atoms with Gasteiger partial charge in [-0.15, -0.1) is 12.4 Å². The van der Waals surface area contributed by atoms with Crippen molar-refractivity contribution in [3.05, 3.63) is 29.8 Å². The standard InChI is InChI=1S/C16H26N2O2.ClH/c1-2-13-20-15-8-5-14(6-9-15)7-10-16(19)18-12-4-3-11-17;/h5-6,8-9H,2-4,7,10-13,17H2,1H3,(H,18,19);1H. The third-order valence-corrected chi connectivity index (χ3v) is 2.99. The van der Waals surface area contributed by atoms with Crippen molar-refractivity contribution in [3.63, 3.8) is 0 Å². The first-order valence-electron chi connectivity index (χ1n) is 7.44. The third kappa shape index (κ3) is 9.32. The van der Waals surface area contributed by atoms with E-state index in [1.165, 1.54) is 0 Å². The van der Waals surface area contributed by atoms with Crippen molar-refractivity contribution in [2.75, 3.05) is 19.7 Å². The number of benzene rings is 1. The SMILES string of the molecule is CCCOc1ccc(CCC(=O)NCCCCN)cc1.Cl. The Bertz CT molecular complexity index is 382. The lowest BCUT2D eigenvalue weighted by Crippen LogP contribution is -2.25. The Balaban J connectivity index is 0.00000400. The van der Waals surface area contributed by atoms with Crippen LogP contribution in [0.2, 0.25) is 0 Å². The number of rotatable bonds is 10. The van der Waals surface area contributed by atoms with E-state index in [2.05, 4.69) is 12.2 Å². The maximum Gasteiger partial charge on any atom is 0.220 e. The minimum Gasteiger partial charge on any atom is -0.494 e. The van der Waals surface area contributed by atoms with E-state index in [0.29, 0.717) is 13.0 Å². The van der Waals surface area contributed by atoms with Crippen molar-refractivity contribution >= 4 is 18.3 Å². The molecule has 1 amide bonds. The molecule has 0 heterocycles. The van der Waals surface area contributed by atoms with E-state index in [1.54, 1.807) is 0 Å². The van der Waals surface area contributed by atoms with Crippen molar-refractivity contribution in [3.8, 4) is 5.75 Å². The summed E-state index contributed by atoms with van der Waals surface area (Å²) in [7, 11) is 0. The lowest BCUT2D eigenvalue weighted by Gasteiger charge is -2.07. The summed E-state index contributed by atoms with van der Waals surface area (Å²) in [6.07, 6.45) is 4.20. The Kier molecular flexibility index (Phi) is 11.7. The lowest BCUT2D eigenvalue weighted by molar-refractivity contribution is -0.121. The number of carbonyl (C=O) groups is 1. The van der Waals surface area contributed by atoms with E-state index in [9.17, 15) is 4.79 Å². The number of aryl methyl sites for hydroxylation is 1. The first-order valence-corrected chi connectivity index (χ1v) is 7.44. The average Bonchev–Trinajstić information content (AvgIpc) is 2.48. The summed E-state index contributed by atoms with van der Waals surface area (Å²) in [5.41, 5.74) is 6.56. The molecule has 0 atom stereocenters. The molecule has 1 aromatic rings. The molecule has 0 unspecified atom stereocenters. The first-order chi connectivity index (χ1) is 9.76. The molecule has 0 radical (unpaired) electrons. The predicted molar refractivity (Wildman–Crippen MR) is 89.1 cm³/mol. The number of nitrogens with one attached hydrogen (secondary N) is 1. The van der Waals surface area contributed by atoms with E-state index >= 15 is 0 Å². The van der Waals surface area contributed by atoms with Crippen molar-refractivity contribution in [1.82, 2.24) is 5.32 Å². The number of halogens is 1. The van der Waals surface area contributed by atoms with Crippen molar-refractivity contribution in [2.45, 2.75) is 39.0 Å². The Morgan fingerprint density at radius 1 is 1.24 bits per heavy atom. The predicted octanol–water partition coefficient (Wildman–Crippen LogP) is 2.68. The van der Waals surface area contributed by atoms with Crippen molar-refractivity contribution in [1.29, 1.82) is 0 Å². The highest BCUT2D eigenvalue weighted by Gasteiger charge is 2.02. The van der Waals surface area contributed by atoms with E-state index in [4.69, 9.17) is 10.5 Å². The fraction of sp³-hybridized carbons (Fsp3) is 0.562. The Morgan fingerprint density at radius 3 is 2.57 bits per heavy atom. The number of amides is 1. The Morgan fingerprint density at radius 2 is 1.95 bits per heavy atom. The number of ether oxygens (including phenoxy) is 1. The molecule has 3 N–H and O–H groups in total. The monoisotopic (exact) mass is 314 g/mol. The van der Waals surface area contributed by atoms with Gasteiger partial charge in [0.15, 0.2) is 0 Å². The molecule has 0 aliphatic rings. The second-order valence-corrected chi connectivity index (χ2v) is 4.84. The Labute approximate surface area is 133 Å². The molecule has 0 saturated heterocycles. The van der Waals surface area contributed by atoms with Crippen LogP contribution in [0.4, 0.5) is 0 Å². The highest BCUT2D eigenvalue weighted by Crippen LogP contribution is 2.13. The molecule has 4 nitrogen and oxygen atoms in total. The van der Waals surface area contributed by atoms with Gasteiger partial charge in [0, 0.05) is 13.0 Å². The number of nitrogens with two attached hydrogens (primary N) is 1. The number of unbranched alkanes of at least 4 members (excludes halogenated alkanes) is 1. The van der Waals surface area contributed by atoms with Crippen LogP contribution in [0.15, 0.2) is 24.3 Å². The van der Waals surface area contributed by atoms with Crippen LogP contribution in [0.25, 0.3) is 0 Å². The largest absolute Gasteiger partial charge is 0.494 e. The summed E-state index contributed by atoms with van der Waals surface area (Å²) < 4.78 is 5.52. The van der Waals surface area contributed by atoms with E-state index in [0.717, 1.165) is 50.1 Å². The molecule has 21 heavy (non-hydrogen) atoms. The zero-order valence-electron chi connectivity index (χ0n) is 12.8. The van der Waals surface area contributed by atoms with Crippen LogP contribution in [0.3, 0.4) is 0 Å². The van der Waals surface area contributed by atoms with Gasteiger partial charge in [-0.25, -0.2) is 0 Å². The minimum atomic E-state index is 0. The maximum absolute atomic E-state index is 11.6. The summed E-state index contributed by atoms with van der Waals surface area (Å²) >= 11 is 0. The summed E-state index contributed by atoms with van der Waals surface area (Å²) in [6, 6.07) is 7.97. The Hall–Kier alpha value is -1.26. The van der Waals surface area contributed by atoms with Gasteiger partial charge in [0.2, 0.25) is 5.91 Å². The van der Waals surface area contributed by atoms with Crippen molar-refractivity contribution < 1.29 is 9.53 Å². The van der Waals surface area contributed by atoms with E-state index in [-0.39, 0.29) is 18.3 Å². The number of hydrogen-bond acceptors (Lipinski definition) is 3. The summed E-state index contributed by atoms with van der Waals surface area (Å²) in [5, 5.41) is 2.91. The van der Waals surface area contributed by atoms with E-state index < -0.39 is 0 Å².